The number of halogens is 1. The molecule has 47 heavy (non-hydrogen) atoms. The summed E-state index contributed by atoms with van der Waals surface area (Å²) < 4.78 is 6.46. The third-order valence-corrected chi connectivity index (χ3v) is 9.93. The molecule has 4 atom stereocenters. The van der Waals surface area contributed by atoms with Gasteiger partial charge in [0.15, 0.2) is 0 Å². The molecule has 2 fully saturated rings. The highest BCUT2D eigenvalue weighted by Crippen LogP contribution is 2.51. The van der Waals surface area contributed by atoms with Crippen LogP contribution in [0.1, 0.15) is 43.9 Å². The molecule has 2 amide bonds. The maximum Gasteiger partial charge on any atom is 0.238 e. The molecule has 0 radical (unpaired) electrons. The van der Waals surface area contributed by atoms with Crippen molar-refractivity contribution >= 4 is 52.1 Å². The van der Waals surface area contributed by atoms with Crippen LogP contribution in [0.3, 0.4) is 0 Å². The molecule has 4 aromatic rings. The van der Waals surface area contributed by atoms with Gasteiger partial charge in [0.1, 0.15) is 5.75 Å². The normalized spacial score (nSPS) is 22.4. The number of allylic oxidation sites excluding steroid dienone is 2. The van der Waals surface area contributed by atoms with Crippen molar-refractivity contribution in [2.24, 2.45) is 17.8 Å². The Labute approximate surface area is 279 Å². The zero-order valence-electron chi connectivity index (χ0n) is 26.1. The molecule has 2 aliphatic heterocycles. The number of phenolic OH excluding ortho intramolecular Hbond substituents is 1. The predicted molar refractivity (Wildman–Crippen MR) is 185 cm³/mol. The zero-order valence-corrected chi connectivity index (χ0v) is 26.9. The average molecular weight is 646 g/mol. The van der Waals surface area contributed by atoms with Crippen LogP contribution in [0.15, 0.2) is 108 Å². The van der Waals surface area contributed by atoms with Crippen LogP contribution in [0.4, 0.5) is 17.1 Å². The molecule has 1 aromatic heterocycles. The highest BCUT2D eigenvalue weighted by molar-refractivity contribution is 6.32. The number of imide groups is 1. The first-order valence-corrected chi connectivity index (χ1v) is 16.5. The summed E-state index contributed by atoms with van der Waals surface area (Å²) in [4.78, 5) is 33.9. The molecule has 3 heterocycles. The van der Waals surface area contributed by atoms with Gasteiger partial charge in [-0.2, -0.15) is 0 Å². The van der Waals surface area contributed by atoms with Gasteiger partial charge in [-0.15, -0.1) is 0 Å². The minimum Gasteiger partial charge on any atom is -0.508 e. The summed E-state index contributed by atoms with van der Waals surface area (Å²) in [5.74, 6) is -1.08. The summed E-state index contributed by atoms with van der Waals surface area (Å²) in [6.45, 7) is 2.54. The van der Waals surface area contributed by atoms with Crippen molar-refractivity contribution in [3.8, 4) is 5.75 Å². The highest BCUT2D eigenvalue weighted by Gasteiger charge is 2.57. The van der Waals surface area contributed by atoms with Gasteiger partial charge in [0.2, 0.25) is 11.8 Å². The van der Waals surface area contributed by atoms with Crippen LogP contribution in [-0.2, 0) is 14.3 Å². The van der Waals surface area contributed by atoms with Crippen LogP contribution >= 0.6 is 11.6 Å². The fourth-order valence-electron chi connectivity index (χ4n) is 7.38. The molecular weight excluding hydrogens is 610 g/mol. The third kappa shape index (κ3) is 6.09. The summed E-state index contributed by atoms with van der Waals surface area (Å²) in [5, 5.41) is 13.7. The van der Waals surface area contributed by atoms with Gasteiger partial charge in [0.25, 0.3) is 0 Å². The highest BCUT2D eigenvalue weighted by atomic mass is 35.5. The molecule has 0 unspecified atom stereocenters. The number of phenols is 1. The van der Waals surface area contributed by atoms with Gasteiger partial charge in [-0.05, 0) is 115 Å². The van der Waals surface area contributed by atoms with Crippen molar-refractivity contribution in [2.45, 2.75) is 38.7 Å². The first-order valence-electron chi connectivity index (χ1n) is 16.1. The maximum atomic E-state index is 14.0. The van der Waals surface area contributed by atoms with Gasteiger partial charge in [0.05, 0.1) is 41.0 Å². The molecule has 3 aliphatic rings. The number of hydrogen-bond donors (Lipinski definition) is 2. The second-order valence-electron chi connectivity index (χ2n) is 12.4. The molecule has 3 aromatic carbocycles. The Kier molecular flexibility index (Phi) is 8.67. The van der Waals surface area contributed by atoms with Crippen molar-refractivity contribution < 1.29 is 19.4 Å². The molecule has 8 heteroatoms. The van der Waals surface area contributed by atoms with Gasteiger partial charge in [-0.3, -0.25) is 19.5 Å². The first-order chi connectivity index (χ1) is 22.9. The molecule has 7 rings (SSSR count). The van der Waals surface area contributed by atoms with Crippen LogP contribution in [0.2, 0.25) is 5.02 Å². The molecule has 2 N–H and O–H groups in total. The summed E-state index contributed by atoms with van der Waals surface area (Å²) in [7, 11) is 0. The maximum absolute atomic E-state index is 14.0. The van der Waals surface area contributed by atoms with E-state index in [9.17, 15) is 14.7 Å². The Morgan fingerprint density at radius 3 is 2.47 bits per heavy atom. The van der Waals surface area contributed by atoms with Crippen molar-refractivity contribution in [2.75, 3.05) is 16.8 Å². The number of nitrogens with zero attached hydrogens (tertiary/aromatic N) is 2. The van der Waals surface area contributed by atoms with E-state index in [1.54, 1.807) is 18.3 Å². The fourth-order valence-corrected chi connectivity index (χ4v) is 7.61. The molecule has 0 saturated carbocycles. The summed E-state index contributed by atoms with van der Waals surface area (Å²) in [6, 6.07) is 28.1. The number of nitrogens with one attached hydrogen (secondary N) is 1. The monoisotopic (exact) mass is 645 g/mol. The minimum atomic E-state index is -0.429. The van der Waals surface area contributed by atoms with E-state index < -0.39 is 5.92 Å². The van der Waals surface area contributed by atoms with Crippen LogP contribution in [-0.4, -0.2) is 34.6 Å². The number of para-hydroxylation sites is 1. The number of amides is 2. The number of fused-ring (bicyclic) bond motifs is 3. The van der Waals surface area contributed by atoms with Crippen molar-refractivity contribution in [3.05, 3.63) is 125 Å². The number of aromatic hydroxyl groups is 1. The summed E-state index contributed by atoms with van der Waals surface area (Å²) >= 11 is 6.47. The smallest absolute Gasteiger partial charge is 0.238 e. The lowest BCUT2D eigenvalue weighted by atomic mass is 9.69. The van der Waals surface area contributed by atoms with E-state index >= 15 is 0 Å². The largest absolute Gasteiger partial charge is 0.508 e. The van der Waals surface area contributed by atoms with Crippen molar-refractivity contribution in [1.82, 2.24) is 4.98 Å². The van der Waals surface area contributed by atoms with Gasteiger partial charge < -0.3 is 15.2 Å². The summed E-state index contributed by atoms with van der Waals surface area (Å²) in [5.41, 5.74) is 7.51. The number of ether oxygens (including phenoxy) is 1. The predicted octanol–water partition coefficient (Wildman–Crippen LogP) is 8.44. The molecule has 0 bridgehead atoms. The lowest BCUT2D eigenvalue weighted by Gasteiger charge is -2.31. The van der Waals surface area contributed by atoms with Crippen LogP contribution in [0.25, 0.3) is 11.6 Å². The van der Waals surface area contributed by atoms with Crippen LogP contribution in [0.5, 0.6) is 5.75 Å². The molecular formula is C39H36ClN3O4. The number of rotatable bonds is 9. The van der Waals surface area contributed by atoms with Gasteiger partial charge in [0, 0.05) is 23.5 Å². The Bertz CT molecular complexity index is 1860. The lowest BCUT2D eigenvalue weighted by molar-refractivity contribution is -0.122. The van der Waals surface area contributed by atoms with Crippen molar-refractivity contribution in [1.29, 1.82) is 0 Å². The van der Waals surface area contributed by atoms with E-state index in [0.717, 1.165) is 34.6 Å². The summed E-state index contributed by atoms with van der Waals surface area (Å²) in [6.07, 6.45) is 6.38. The quantitative estimate of drug-likeness (QED) is 0.140. The number of aromatic nitrogens is 1. The van der Waals surface area contributed by atoms with E-state index in [-0.39, 0.29) is 35.5 Å². The second kappa shape index (κ2) is 13.2. The number of pyridine rings is 1. The Morgan fingerprint density at radius 2 is 1.74 bits per heavy atom. The van der Waals surface area contributed by atoms with Gasteiger partial charge in [-0.1, -0.05) is 48.4 Å². The lowest BCUT2D eigenvalue weighted by Crippen LogP contribution is -2.34. The third-order valence-electron chi connectivity index (χ3n) is 9.61. The molecule has 0 spiro atoms. The standard InChI is InChI=1S/C39H36ClN3O4/c1-2-24-21-31-37(39(46)43(38(31)45)29-15-13-28(14-16-29)42-27-8-4-3-5-9-27)32-23-47-35(36(24)32)18-12-26(34-10-6-7-19-41-34)20-25-11-17-30(44)22-33(25)40/h3-11,13-17,19-20,22,31-32,35,37,42,44H,2,12,18,21,23H2,1H3/b26-20-/t31-,32+,35-,37-/m1/s1. The van der Waals surface area contributed by atoms with Crippen LogP contribution < -0.4 is 10.2 Å². The first kappa shape index (κ1) is 30.9. The van der Waals surface area contributed by atoms with E-state index in [1.807, 2.05) is 78.9 Å². The fraction of sp³-hybridized carbons (Fsp3) is 0.256. The zero-order chi connectivity index (χ0) is 32.5. The number of benzene rings is 3. The van der Waals surface area contributed by atoms with Gasteiger partial charge in [-0.25, -0.2) is 0 Å². The van der Waals surface area contributed by atoms with Crippen molar-refractivity contribution in [3.63, 3.8) is 0 Å². The topological polar surface area (TPSA) is 91.8 Å². The SMILES string of the molecule is CCC1=C2[C@@H](CC/C(=C/c3ccc(O)cc3Cl)c3ccccn3)OC[C@@H]2[C@@H]2C(=O)N(c3ccc(Nc4ccccc4)cc3)C(=O)[C@@H]2C1. The minimum absolute atomic E-state index is 0.113. The molecule has 238 valence electrons. The number of hydrogen-bond acceptors (Lipinski definition) is 6. The molecule has 7 nitrogen and oxygen atoms in total. The second-order valence-corrected chi connectivity index (χ2v) is 12.8. The Hall–Kier alpha value is -4.72. The van der Waals surface area contributed by atoms with E-state index in [2.05, 4.69) is 17.2 Å². The van der Waals surface area contributed by atoms with E-state index in [0.29, 0.717) is 36.6 Å². The number of carbonyl (C=O) groups is 2. The van der Waals surface area contributed by atoms with Crippen LogP contribution in [0, 0.1) is 17.8 Å². The number of anilines is 3. The van der Waals surface area contributed by atoms with E-state index in [4.69, 9.17) is 16.3 Å². The molecule has 1 aliphatic carbocycles. The Morgan fingerprint density at radius 1 is 0.979 bits per heavy atom. The van der Waals surface area contributed by atoms with Gasteiger partial charge >= 0.3 is 0 Å². The Balaban J connectivity index is 1.11. The average Bonchev–Trinajstić information content (AvgIpc) is 3.62. The molecule has 2 saturated heterocycles. The van der Waals surface area contributed by atoms with E-state index in [1.165, 1.54) is 22.1 Å². The number of carbonyl (C=O) groups excluding carboxylic acids is 2.